The van der Waals surface area contributed by atoms with Crippen molar-refractivity contribution >= 4 is 27.3 Å². The van der Waals surface area contributed by atoms with Crippen LogP contribution in [0, 0.1) is 6.92 Å². The quantitative estimate of drug-likeness (QED) is 0.751. The molecule has 1 aromatic carbocycles. The van der Waals surface area contributed by atoms with Gasteiger partial charge >= 0.3 is 0 Å². The zero-order valence-electron chi connectivity index (χ0n) is 12.9. The lowest BCUT2D eigenvalue weighted by molar-refractivity contribution is 0.509. The fourth-order valence-electron chi connectivity index (χ4n) is 2.37. The van der Waals surface area contributed by atoms with Crippen LogP contribution in [0.25, 0.3) is 0 Å². The number of hydrogen-bond donors (Lipinski definition) is 1. The average Bonchev–Trinajstić information content (AvgIpc) is 2.85. The molecule has 114 valence electrons. The summed E-state index contributed by atoms with van der Waals surface area (Å²) < 4.78 is 1.14. The molecule has 1 heterocycles. The minimum atomic E-state index is 0.521. The maximum atomic E-state index is 4.35. The first kappa shape index (κ1) is 16.7. The molecule has 0 saturated carbocycles. The first-order valence-electron chi connectivity index (χ1n) is 7.44. The molecule has 21 heavy (non-hydrogen) atoms. The zero-order chi connectivity index (χ0) is 15.2. The standard InChI is InChI=1S/C17H23BrN2S/c1-12(2)19-10-15(14-4-7-16(18)8-5-14)6-9-17-13(3)20-11-21-17/h4-5,7-8,11-12,15,19H,6,9-10H2,1-3H3. The van der Waals surface area contributed by atoms with E-state index in [9.17, 15) is 0 Å². The Labute approximate surface area is 140 Å². The van der Waals surface area contributed by atoms with Crippen LogP contribution < -0.4 is 5.32 Å². The molecule has 1 N–H and O–H groups in total. The van der Waals surface area contributed by atoms with Crippen LogP contribution in [0.3, 0.4) is 0 Å². The minimum absolute atomic E-state index is 0.521. The number of nitrogens with one attached hydrogen (secondary N) is 1. The van der Waals surface area contributed by atoms with Gasteiger partial charge in [0.2, 0.25) is 0 Å². The third-order valence-corrected chi connectivity index (χ3v) is 5.20. The van der Waals surface area contributed by atoms with Crippen LogP contribution in [0.15, 0.2) is 34.2 Å². The van der Waals surface area contributed by atoms with Crippen molar-refractivity contribution in [1.29, 1.82) is 0 Å². The van der Waals surface area contributed by atoms with Crippen molar-refractivity contribution in [2.24, 2.45) is 0 Å². The Morgan fingerprint density at radius 1 is 1.24 bits per heavy atom. The molecule has 0 spiro atoms. The summed E-state index contributed by atoms with van der Waals surface area (Å²) in [6.07, 6.45) is 2.27. The Morgan fingerprint density at radius 3 is 2.52 bits per heavy atom. The summed E-state index contributed by atoms with van der Waals surface area (Å²) in [6, 6.07) is 9.26. The Balaban J connectivity index is 2.04. The Bertz CT molecular complexity index is 548. The van der Waals surface area contributed by atoms with E-state index in [1.54, 1.807) is 11.3 Å². The van der Waals surface area contributed by atoms with Crippen LogP contribution in [-0.2, 0) is 6.42 Å². The van der Waals surface area contributed by atoms with E-state index < -0.39 is 0 Å². The van der Waals surface area contributed by atoms with Crippen molar-refractivity contribution in [2.45, 2.75) is 45.6 Å². The van der Waals surface area contributed by atoms with E-state index in [1.807, 2.05) is 5.51 Å². The average molecular weight is 367 g/mol. The number of nitrogens with zero attached hydrogens (tertiary/aromatic N) is 1. The highest BCUT2D eigenvalue weighted by atomic mass is 79.9. The van der Waals surface area contributed by atoms with Gasteiger partial charge in [-0.15, -0.1) is 11.3 Å². The number of halogens is 1. The molecule has 0 saturated heterocycles. The smallest absolute Gasteiger partial charge is 0.0797 e. The lowest BCUT2D eigenvalue weighted by Gasteiger charge is -2.20. The molecule has 0 radical (unpaired) electrons. The van der Waals surface area contributed by atoms with Gasteiger partial charge < -0.3 is 5.32 Å². The van der Waals surface area contributed by atoms with Gasteiger partial charge in [0.15, 0.2) is 0 Å². The molecule has 4 heteroatoms. The SMILES string of the molecule is Cc1ncsc1CCC(CNC(C)C)c1ccc(Br)cc1. The van der Waals surface area contributed by atoms with E-state index in [0.29, 0.717) is 12.0 Å². The summed E-state index contributed by atoms with van der Waals surface area (Å²) in [5.41, 5.74) is 4.55. The number of benzene rings is 1. The molecular weight excluding hydrogens is 344 g/mol. The number of aryl methyl sites for hydroxylation is 2. The molecule has 1 aromatic heterocycles. The third kappa shape index (κ3) is 5.20. The van der Waals surface area contributed by atoms with E-state index in [4.69, 9.17) is 0 Å². The van der Waals surface area contributed by atoms with Gasteiger partial charge in [0.1, 0.15) is 0 Å². The van der Waals surface area contributed by atoms with Crippen LogP contribution in [0.5, 0.6) is 0 Å². The number of aromatic nitrogens is 1. The van der Waals surface area contributed by atoms with Gasteiger partial charge in [0.05, 0.1) is 11.2 Å². The first-order chi connectivity index (χ1) is 10.1. The second kappa shape index (κ2) is 8.06. The summed E-state index contributed by atoms with van der Waals surface area (Å²) in [6.45, 7) is 7.53. The minimum Gasteiger partial charge on any atom is -0.314 e. The van der Waals surface area contributed by atoms with Crippen molar-refractivity contribution in [2.75, 3.05) is 6.54 Å². The zero-order valence-corrected chi connectivity index (χ0v) is 15.3. The molecule has 1 unspecified atom stereocenters. The molecule has 0 aliphatic heterocycles. The predicted molar refractivity (Wildman–Crippen MR) is 95.2 cm³/mol. The van der Waals surface area contributed by atoms with E-state index in [0.717, 1.165) is 23.9 Å². The van der Waals surface area contributed by atoms with Crippen molar-refractivity contribution in [3.8, 4) is 0 Å². The van der Waals surface area contributed by atoms with E-state index in [-0.39, 0.29) is 0 Å². The van der Waals surface area contributed by atoms with Crippen LogP contribution in [0.4, 0.5) is 0 Å². The van der Waals surface area contributed by atoms with Gasteiger partial charge in [0.25, 0.3) is 0 Å². The normalized spacial score (nSPS) is 12.8. The lowest BCUT2D eigenvalue weighted by Crippen LogP contribution is -2.28. The summed E-state index contributed by atoms with van der Waals surface area (Å²) in [5.74, 6) is 0.544. The molecule has 2 nitrogen and oxygen atoms in total. The van der Waals surface area contributed by atoms with Crippen LogP contribution in [0.1, 0.15) is 42.3 Å². The highest BCUT2D eigenvalue weighted by molar-refractivity contribution is 9.10. The van der Waals surface area contributed by atoms with Crippen molar-refractivity contribution in [3.63, 3.8) is 0 Å². The van der Waals surface area contributed by atoms with E-state index in [1.165, 1.54) is 16.1 Å². The molecule has 0 fully saturated rings. The highest BCUT2D eigenvalue weighted by Crippen LogP contribution is 2.25. The number of thiazole rings is 1. The van der Waals surface area contributed by atoms with Crippen LogP contribution in [-0.4, -0.2) is 17.6 Å². The maximum absolute atomic E-state index is 4.35. The van der Waals surface area contributed by atoms with E-state index >= 15 is 0 Å². The fraction of sp³-hybridized carbons (Fsp3) is 0.471. The lowest BCUT2D eigenvalue weighted by atomic mass is 9.93. The molecule has 0 aliphatic rings. The topological polar surface area (TPSA) is 24.9 Å². The maximum Gasteiger partial charge on any atom is 0.0797 e. The second-order valence-electron chi connectivity index (χ2n) is 5.71. The Morgan fingerprint density at radius 2 is 1.95 bits per heavy atom. The fourth-order valence-corrected chi connectivity index (χ4v) is 3.43. The summed E-state index contributed by atoms with van der Waals surface area (Å²) in [4.78, 5) is 5.77. The monoisotopic (exact) mass is 366 g/mol. The summed E-state index contributed by atoms with van der Waals surface area (Å²) in [5, 5.41) is 3.58. The molecule has 0 aliphatic carbocycles. The molecule has 0 bridgehead atoms. The third-order valence-electron chi connectivity index (χ3n) is 3.68. The second-order valence-corrected chi connectivity index (χ2v) is 7.57. The largest absolute Gasteiger partial charge is 0.314 e. The van der Waals surface area contributed by atoms with Gasteiger partial charge in [-0.1, -0.05) is 41.9 Å². The van der Waals surface area contributed by atoms with Gasteiger partial charge in [-0.3, -0.25) is 0 Å². The Kier molecular flexibility index (Phi) is 6.40. The van der Waals surface area contributed by atoms with Crippen LogP contribution in [0.2, 0.25) is 0 Å². The van der Waals surface area contributed by atoms with Gasteiger partial charge in [-0.25, -0.2) is 4.98 Å². The number of hydrogen-bond acceptors (Lipinski definition) is 3. The molecule has 2 rings (SSSR count). The first-order valence-corrected chi connectivity index (χ1v) is 9.11. The van der Waals surface area contributed by atoms with Gasteiger partial charge in [-0.2, -0.15) is 0 Å². The Hall–Kier alpha value is -0.710. The van der Waals surface area contributed by atoms with Gasteiger partial charge in [0, 0.05) is 21.9 Å². The predicted octanol–water partition coefficient (Wildman–Crippen LogP) is 4.93. The summed E-state index contributed by atoms with van der Waals surface area (Å²) >= 11 is 5.29. The number of rotatable bonds is 7. The van der Waals surface area contributed by atoms with Crippen molar-refractivity contribution < 1.29 is 0 Å². The molecule has 1 atom stereocenters. The van der Waals surface area contributed by atoms with Gasteiger partial charge in [-0.05, 0) is 43.4 Å². The molecule has 2 aromatic rings. The van der Waals surface area contributed by atoms with Crippen LogP contribution >= 0.6 is 27.3 Å². The van der Waals surface area contributed by atoms with Crippen molar-refractivity contribution in [1.82, 2.24) is 10.3 Å². The summed E-state index contributed by atoms with van der Waals surface area (Å²) in [7, 11) is 0. The van der Waals surface area contributed by atoms with E-state index in [2.05, 4.69) is 71.3 Å². The highest BCUT2D eigenvalue weighted by Gasteiger charge is 2.13. The van der Waals surface area contributed by atoms with Crippen molar-refractivity contribution in [3.05, 3.63) is 50.4 Å². The molecular formula is C17H23BrN2S. The molecule has 0 amide bonds.